The molecule has 2 atom stereocenters. The number of nitrogens with zero attached hydrogens (tertiary/aromatic N) is 1. The molecule has 0 bridgehead atoms. The van der Waals surface area contributed by atoms with Gasteiger partial charge in [0.2, 0.25) is 17.7 Å². The number of nitrogens with one attached hydrogen (secondary N) is 2. The van der Waals surface area contributed by atoms with Crippen LogP contribution in [0.1, 0.15) is 13.3 Å². The topological polar surface area (TPSA) is 97.0 Å². The molecule has 1 aliphatic rings. The molecule has 31 heavy (non-hydrogen) atoms. The van der Waals surface area contributed by atoms with E-state index in [-0.39, 0.29) is 18.9 Å². The highest BCUT2D eigenvalue weighted by molar-refractivity contribution is 6.03. The first-order chi connectivity index (χ1) is 14.8. The molecule has 1 heterocycles. The SMILES string of the molecule is COc1ccc(OC)c(N2CC(C(=O)NC(C)C(=O)Nc3ccc(F)cc3)CC2=O)c1. The summed E-state index contributed by atoms with van der Waals surface area (Å²) in [6, 6.07) is 9.55. The Morgan fingerprint density at radius 2 is 1.84 bits per heavy atom. The van der Waals surface area contributed by atoms with Crippen LogP contribution in [-0.4, -0.2) is 44.5 Å². The molecule has 2 unspecified atom stereocenters. The van der Waals surface area contributed by atoms with Crippen LogP contribution in [0, 0.1) is 11.7 Å². The molecule has 3 rings (SSSR count). The number of benzene rings is 2. The number of carbonyl (C=O) groups is 3. The standard InChI is InChI=1S/C22H24FN3O5/c1-13(21(28)25-16-6-4-15(23)5-7-16)24-22(29)14-10-20(27)26(12-14)18-11-17(30-2)8-9-19(18)31-3/h4-9,11,13-14H,10,12H2,1-3H3,(H,24,29)(H,25,28). The molecule has 2 aromatic rings. The molecule has 3 amide bonds. The zero-order valence-electron chi connectivity index (χ0n) is 17.5. The summed E-state index contributed by atoms with van der Waals surface area (Å²) in [6.07, 6.45) is 0.0124. The highest BCUT2D eigenvalue weighted by Gasteiger charge is 2.37. The van der Waals surface area contributed by atoms with Gasteiger partial charge in [0, 0.05) is 24.7 Å². The van der Waals surface area contributed by atoms with E-state index in [1.807, 2.05) is 0 Å². The largest absolute Gasteiger partial charge is 0.497 e. The van der Waals surface area contributed by atoms with Gasteiger partial charge in [-0.25, -0.2) is 4.39 Å². The Hall–Kier alpha value is -3.62. The predicted octanol–water partition coefficient (Wildman–Crippen LogP) is 2.34. The summed E-state index contributed by atoms with van der Waals surface area (Å²) in [5.41, 5.74) is 0.934. The maximum Gasteiger partial charge on any atom is 0.246 e. The van der Waals surface area contributed by atoms with E-state index in [0.29, 0.717) is 22.9 Å². The molecule has 8 nitrogen and oxygen atoms in total. The average Bonchev–Trinajstić information content (AvgIpc) is 3.16. The Bertz CT molecular complexity index is 980. The van der Waals surface area contributed by atoms with Crippen LogP contribution in [0.2, 0.25) is 0 Å². The van der Waals surface area contributed by atoms with Crippen molar-refractivity contribution in [2.75, 3.05) is 31.0 Å². The van der Waals surface area contributed by atoms with E-state index in [1.54, 1.807) is 18.2 Å². The Balaban J connectivity index is 1.63. The summed E-state index contributed by atoms with van der Waals surface area (Å²) in [5, 5.41) is 5.24. The summed E-state index contributed by atoms with van der Waals surface area (Å²) in [4.78, 5) is 39.1. The van der Waals surface area contributed by atoms with E-state index in [9.17, 15) is 18.8 Å². The number of methoxy groups -OCH3 is 2. The van der Waals surface area contributed by atoms with Crippen molar-refractivity contribution in [3.8, 4) is 11.5 Å². The molecule has 0 aromatic heterocycles. The minimum absolute atomic E-state index is 0.0124. The van der Waals surface area contributed by atoms with Crippen molar-refractivity contribution in [3.63, 3.8) is 0 Å². The van der Waals surface area contributed by atoms with Crippen LogP contribution in [0.25, 0.3) is 0 Å². The number of hydrogen-bond donors (Lipinski definition) is 2. The Labute approximate surface area is 179 Å². The first-order valence-electron chi connectivity index (χ1n) is 9.71. The van der Waals surface area contributed by atoms with E-state index in [2.05, 4.69) is 10.6 Å². The number of amides is 3. The van der Waals surface area contributed by atoms with E-state index in [4.69, 9.17) is 9.47 Å². The van der Waals surface area contributed by atoms with Gasteiger partial charge in [0.05, 0.1) is 25.8 Å². The molecule has 9 heteroatoms. The zero-order valence-corrected chi connectivity index (χ0v) is 17.5. The van der Waals surface area contributed by atoms with Gasteiger partial charge in [-0.2, -0.15) is 0 Å². The number of halogens is 1. The van der Waals surface area contributed by atoms with Gasteiger partial charge in [0.15, 0.2) is 0 Å². The Morgan fingerprint density at radius 1 is 1.13 bits per heavy atom. The lowest BCUT2D eigenvalue weighted by Gasteiger charge is -2.21. The molecular weight excluding hydrogens is 405 g/mol. The normalized spacial score (nSPS) is 16.6. The minimum atomic E-state index is -0.840. The molecule has 1 fully saturated rings. The minimum Gasteiger partial charge on any atom is -0.497 e. The molecule has 0 radical (unpaired) electrons. The van der Waals surface area contributed by atoms with Gasteiger partial charge in [0.1, 0.15) is 23.4 Å². The second kappa shape index (κ2) is 9.46. The lowest BCUT2D eigenvalue weighted by molar-refractivity contribution is -0.129. The van der Waals surface area contributed by atoms with Gasteiger partial charge in [-0.3, -0.25) is 14.4 Å². The molecule has 164 valence electrons. The Morgan fingerprint density at radius 3 is 2.48 bits per heavy atom. The predicted molar refractivity (Wildman–Crippen MR) is 113 cm³/mol. The first kappa shape index (κ1) is 22.1. The third-order valence-electron chi connectivity index (χ3n) is 5.04. The van der Waals surface area contributed by atoms with Crippen LogP contribution < -0.4 is 25.0 Å². The second-order valence-corrected chi connectivity index (χ2v) is 7.17. The van der Waals surface area contributed by atoms with E-state index < -0.39 is 29.6 Å². The molecule has 2 N–H and O–H groups in total. The molecule has 0 saturated carbocycles. The molecule has 2 aromatic carbocycles. The van der Waals surface area contributed by atoms with Crippen LogP contribution in [0.3, 0.4) is 0 Å². The van der Waals surface area contributed by atoms with Crippen molar-refractivity contribution < 1.29 is 28.2 Å². The molecule has 1 saturated heterocycles. The van der Waals surface area contributed by atoms with Crippen LogP contribution in [-0.2, 0) is 14.4 Å². The van der Waals surface area contributed by atoms with Gasteiger partial charge in [0.25, 0.3) is 0 Å². The van der Waals surface area contributed by atoms with E-state index in [1.165, 1.54) is 50.3 Å². The molecule has 0 aliphatic carbocycles. The van der Waals surface area contributed by atoms with Crippen LogP contribution in [0.15, 0.2) is 42.5 Å². The molecule has 0 spiro atoms. The van der Waals surface area contributed by atoms with Gasteiger partial charge >= 0.3 is 0 Å². The van der Waals surface area contributed by atoms with Crippen molar-refractivity contribution in [2.24, 2.45) is 5.92 Å². The fourth-order valence-electron chi connectivity index (χ4n) is 3.30. The maximum absolute atomic E-state index is 13.0. The molecule has 1 aliphatic heterocycles. The number of hydrogen-bond acceptors (Lipinski definition) is 5. The monoisotopic (exact) mass is 429 g/mol. The first-order valence-corrected chi connectivity index (χ1v) is 9.71. The number of rotatable bonds is 7. The number of anilines is 2. The quantitative estimate of drug-likeness (QED) is 0.704. The van der Waals surface area contributed by atoms with Crippen LogP contribution in [0.4, 0.5) is 15.8 Å². The summed E-state index contributed by atoms with van der Waals surface area (Å²) < 4.78 is 23.5. The third-order valence-corrected chi connectivity index (χ3v) is 5.04. The van der Waals surface area contributed by atoms with E-state index in [0.717, 1.165) is 0 Å². The number of carbonyl (C=O) groups excluding carboxylic acids is 3. The van der Waals surface area contributed by atoms with Crippen LogP contribution >= 0.6 is 0 Å². The highest BCUT2D eigenvalue weighted by atomic mass is 19.1. The van der Waals surface area contributed by atoms with Crippen molar-refractivity contribution in [1.29, 1.82) is 0 Å². The van der Waals surface area contributed by atoms with Crippen molar-refractivity contribution >= 4 is 29.1 Å². The fraction of sp³-hybridized carbons (Fsp3) is 0.318. The van der Waals surface area contributed by atoms with Gasteiger partial charge < -0.3 is 25.0 Å². The summed E-state index contributed by atoms with van der Waals surface area (Å²) >= 11 is 0. The smallest absolute Gasteiger partial charge is 0.246 e. The lowest BCUT2D eigenvalue weighted by atomic mass is 10.1. The van der Waals surface area contributed by atoms with Gasteiger partial charge in [-0.15, -0.1) is 0 Å². The molecular formula is C22H24FN3O5. The number of ether oxygens (including phenoxy) is 2. The fourth-order valence-corrected chi connectivity index (χ4v) is 3.30. The zero-order chi connectivity index (χ0) is 22.5. The van der Waals surface area contributed by atoms with E-state index >= 15 is 0 Å². The summed E-state index contributed by atoms with van der Waals surface area (Å²) in [7, 11) is 3.02. The van der Waals surface area contributed by atoms with Crippen molar-refractivity contribution in [3.05, 3.63) is 48.3 Å². The van der Waals surface area contributed by atoms with Gasteiger partial charge in [-0.1, -0.05) is 0 Å². The maximum atomic E-state index is 13.0. The lowest BCUT2D eigenvalue weighted by Crippen LogP contribution is -2.44. The third kappa shape index (κ3) is 5.11. The Kier molecular flexibility index (Phi) is 6.74. The van der Waals surface area contributed by atoms with Crippen molar-refractivity contribution in [1.82, 2.24) is 5.32 Å². The highest BCUT2D eigenvalue weighted by Crippen LogP contribution is 2.36. The van der Waals surface area contributed by atoms with Gasteiger partial charge in [-0.05, 0) is 43.3 Å². The van der Waals surface area contributed by atoms with Crippen molar-refractivity contribution in [2.45, 2.75) is 19.4 Å². The summed E-state index contributed by atoms with van der Waals surface area (Å²) in [6.45, 7) is 1.69. The van der Waals surface area contributed by atoms with Crippen LogP contribution in [0.5, 0.6) is 11.5 Å². The average molecular weight is 429 g/mol. The second-order valence-electron chi connectivity index (χ2n) is 7.17. The summed E-state index contributed by atoms with van der Waals surface area (Å²) in [5.74, 6) is -1.07.